The zero-order chi connectivity index (χ0) is 17.3. The van der Waals surface area contributed by atoms with Crippen molar-refractivity contribution in [3.8, 4) is 0 Å². The van der Waals surface area contributed by atoms with E-state index in [1.165, 1.54) is 18.2 Å². The van der Waals surface area contributed by atoms with Gasteiger partial charge in [0.15, 0.2) is 0 Å². The van der Waals surface area contributed by atoms with Crippen molar-refractivity contribution in [1.29, 1.82) is 0 Å². The fourth-order valence-electron chi connectivity index (χ4n) is 2.16. The Hall–Kier alpha value is -2.06. The molecule has 0 unspecified atom stereocenters. The number of para-hydroxylation sites is 2. The Labute approximate surface area is 136 Å². The Morgan fingerprint density at radius 1 is 0.826 bits per heavy atom. The minimum atomic E-state index is -3.82. The highest BCUT2D eigenvalue weighted by molar-refractivity contribution is 7.93. The van der Waals surface area contributed by atoms with Crippen LogP contribution in [0, 0.1) is 13.8 Å². The summed E-state index contributed by atoms with van der Waals surface area (Å²) in [5.74, 6) is 0. The van der Waals surface area contributed by atoms with Gasteiger partial charge >= 0.3 is 0 Å². The third-order valence-corrected chi connectivity index (χ3v) is 5.20. The van der Waals surface area contributed by atoms with E-state index < -0.39 is 20.0 Å². The summed E-state index contributed by atoms with van der Waals surface area (Å²) in [4.78, 5) is 0.150. The van der Waals surface area contributed by atoms with Gasteiger partial charge in [0.25, 0.3) is 10.0 Å². The molecule has 0 aromatic heterocycles. The Balaban J connectivity index is 2.42. The zero-order valence-electron chi connectivity index (χ0n) is 13.0. The monoisotopic (exact) mass is 354 g/mol. The number of sulfonamides is 2. The van der Waals surface area contributed by atoms with Crippen LogP contribution in [0.1, 0.15) is 11.1 Å². The molecule has 0 radical (unpaired) electrons. The molecule has 124 valence electrons. The molecule has 2 aromatic carbocycles. The predicted molar refractivity (Wildman–Crippen MR) is 91.6 cm³/mol. The number of hydrogen-bond acceptors (Lipinski definition) is 4. The van der Waals surface area contributed by atoms with Gasteiger partial charge < -0.3 is 0 Å². The van der Waals surface area contributed by atoms with Crippen molar-refractivity contribution in [2.24, 2.45) is 0 Å². The summed E-state index contributed by atoms with van der Waals surface area (Å²) in [6, 6.07) is 11.2. The standard InChI is InChI=1S/C15H18N2O4S2/c1-11-8-9-15(12(2)10-11)23(20,21)17-14-7-5-4-6-13(14)16-22(3,18)19/h4-10,16-17H,1-3H3. The molecule has 0 amide bonds. The van der Waals surface area contributed by atoms with Crippen molar-refractivity contribution in [1.82, 2.24) is 0 Å². The van der Waals surface area contributed by atoms with Crippen LogP contribution in [-0.2, 0) is 20.0 Å². The molecular formula is C15H18N2O4S2. The third-order valence-electron chi connectivity index (χ3n) is 3.09. The zero-order valence-corrected chi connectivity index (χ0v) is 14.6. The van der Waals surface area contributed by atoms with Crippen molar-refractivity contribution >= 4 is 31.4 Å². The molecule has 0 fully saturated rings. The quantitative estimate of drug-likeness (QED) is 0.863. The fraction of sp³-hybridized carbons (Fsp3) is 0.200. The average Bonchev–Trinajstić information content (AvgIpc) is 2.38. The van der Waals surface area contributed by atoms with Crippen LogP contribution in [0.15, 0.2) is 47.4 Å². The van der Waals surface area contributed by atoms with Crippen LogP contribution in [0.25, 0.3) is 0 Å². The molecule has 2 aromatic rings. The molecule has 0 atom stereocenters. The van der Waals surface area contributed by atoms with Gasteiger partial charge in [-0.3, -0.25) is 9.44 Å². The van der Waals surface area contributed by atoms with E-state index >= 15 is 0 Å². The molecule has 0 saturated heterocycles. The maximum absolute atomic E-state index is 12.6. The van der Waals surface area contributed by atoms with Crippen molar-refractivity contribution < 1.29 is 16.8 Å². The molecule has 8 heteroatoms. The molecule has 0 bridgehead atoms. The first-order chi connectivity index (χ1) is 10.6. The SMILES string of the molecule is Cc1ccc(S(=O)(=O)Nc2ccccc2NS(C)(=O)=O)c(C)c1. The highest BCUT2D eigenvalue weighted by atomic mass is 32.2. The maximum Gasteiger partial charge on any atom is 0.262 e. The van der Waals surface area contributed by atoms with Gasteiger partial charge in [-0.15, -0.1) is 0 Å². The summed E-state index contributed by atoms with van der Waals surface area (Å²) < 4.78 is 52.6. The van der Waals surface area contributed by atoms with Gasteiger partial charge in [-0.2, -0.15) is 0 Å². The lowest BCUT2D eigenvalue weighted by Crippen LogP contribution is -2.17. The lowest BCUT2D eigenvalue weighted by atomic mass is 10.2. The van der Waals surface area contributed by atoms with Gasteiger partial charge in [-0.05, 0) is 37.6 Å². The fourth-order valence-corrected chi connectivity index (χ4v) is 4.05. The first-order valence-corrected chi connectivity index (χ1v) is 10.1. The second-order valence-corrected chi connectivity index (χ2v) is 8.69. The van der Waals surface area contributed by atoms with Crippen LogP contribution < -0.4 is 9.44 Å². The summed E-state index contributed by atoms with van der Waals surface area (Å²) in [6.07, 6.45) is 1.00. The number of aryl methyl sites for hydroxylation is 2. The molecule has 2 N–H and O–H groups in total. The lowest BCUT2D eigenvalue weighted by molar-refractivity contribution is 0.600. The lowest BCUT2D eigenvalue weighted by Gasteiger charge is -2.14. The maximum atomic E-state index is 12.6. The smallest absolute Gasteiger partial charge is 0.262 e. The van der Waals surface area contributed by atoms with Crippen molar-refractivity contribution in [2.75, 3.05) is 15.7 Å². The Bertz CT molecular complexity index is 936. The van der Waals surface area contributed by atoms with Crippen LogP contribution in [0.3, 0.4) is 0 Å². The van der Waals surface area contributed by atoms with Crippen molar-refractivity contribution in [2.45, 2.75) is 18.7 Å². The first kappa shape index (κ1) is 17.3. The van der Waals surface area contributed by atoms with Gasteiger partial charge in [0, 0.05) is 0 Å². The minimum Gasteiger partial charge on any atom is -0.282 e. The van der Waals surface area contributed by atoms with Crippen LogP contribution in [0.4, 0.5) is 11.4 Å². The van der Waals surface area contributed by atoms with E-state index in [-0.39, 0.29) is 16.3 Å². The Morgan fingerprint density at radius 3 is 1.91 bits per heavy atom. The van der Waals surface area contributed by atoms with E-state index in [9.17, 15) is 16.8 Å². The van der Waals surface area contributed by atoms with Gasteiger partial charge in [-0.25, -0.2) is 16.8 Å². The molecule has 0 saturated carbocycles. The van der Waals surface area contributed by atoms with Crippen LogP contribution in [-0.4, -0.2) is 23.1 Å². The molecule has 2 rings (SSSR count). The molecular weight excluding hydrogens is 336 g/mol. The summed E-state index contributed by atoms with van der Waals surface area (Å²) in [5.41, 5.74) is 1.91. The third kappa shape index (κ3) is 4.46. The van der Waals surface area contributed by atoms with Gasteiger partial charge in [-0.1, -0.05) is 29.8 Å². The van der Waals surface area contributed by atoms with Crippen molar-refractivity contribution in [3.05, 3.63) is 53.6 Å². The Morgan fingerprint density at radius 2 is 1.39 bits per heavy atom. The molecule has 0 heterocycles. The van der Waals surface area contributed by atoms with Gasteiger partial charge in [0.05, 0.1) is 22.5 Å². The van der Waals surface area contributed by atoms with Crippen LogP contribution in [0.5, 0.6) is 0 Å². The number of hydrogen-bond donors (Lipinski definition) is 2. The minimum absolute atomic E-state index is 0.150. The van der Waals surface area contributed by atoms with E-state index in [2.05, 4.69) is 9.44 Å². The van der Waals surface area contributed by atoms with Crippen LogP contribution in [0.2, 0.25) is 0 Å². The van der Waals surface area contributed by atoms with E-state index in [4.69, 9.17) is 0 Å². The summed E-state index contributed by atoms with van der Waals surface area (Å²) >= 11 is 0. The van der Waals surface area contributed by atoms with Crippen LogP contribution >= 0.6 is 0 Å². The molecule has 0 aliphatic heterocycles. The predicted octanol–water partition coefficient (Wildman–Crippen LogP) is 2.48. The van der Waals surface area contributed by atoms with E-state index in [1.54, 1.807) is 31.2 Å². The second kappa shape index (κ2) is 6.21. The average molecular weight is 354 g/mol. The topological polar surface area (TPSA) is 92.3 Å². The van der Waals surface area contributed by atoms with Gasteiger partial charge in [0.2, 0.25) is 10.0 Å². The number of rotatable bonds is 5. The van der Waals surface area contributed by atoms with E-state index in [0.29, 0.717) is 5.56 Å². The summed E-state index contributed by atoms with van der Waals surface area (Å²) in [7, 11) is -7.34. The molecule has 6 nitrogen and oxygen atoms in total. The van der Waals surface area contributed by atoms with Gasteiger partial charge in [0.1, 0.15) is 0 Å². The number of nitrogens with one attached hydrogen (secondary N) is 2. The second-order valence-electron chi connectivity index (χ2n) is 5.29. The van der Waals surface area contributed by atoms with E-state index in [1.807, 2.05) is 6.92 Å². The number of benzene rings is 2. The first-order valence-electron chi connectivity index (χ1n) is 6.75. The summed E-state index contributed by atoms with van der Waals surface area (Å²) in [5, 5.41) is 0. The normalized spacial score (nSPS) is 12.0. The highest BCUT2D eigenvalue weighted by Crippen LogP contribution is 2.26. The van der Waals surface area contributed by atoms with Crippen molar-refractivity contribution in [3.63, 3.8) is 0 Å². The molecule has 0 aliphatic rings. The summed E-state index contributed by atoms with van der Waals surface area (Å²) in [6.45, 7) is 3.59. The molecule has 0 aliphatic carbocycles. The van der Waals surface area contributed by atoms with E-state index in [0.717, 1.165) is 11.8 Å². The largest absolute Gasteiger partial charge is 0.282 e. The highest BCUT2D eigenvalue weighted by Gasteiger charge is 2.19. The number of anilines is 2. The molecule has 0 spiro atoms. The Kier molecular flexibility index (Phi) is 4.67. The molecule has 23 heavy (non-hydrogen) atoms.